The van der Waals surface area contributed by atoms with Gasteiger partial charge in [-0.05, 0) is 64.3 Å². The second-order valence-corrected chi connectivity index (χ2v) is 7.99. The van der Waals surface area contributed by atoms with Gasteiger partial charge in [-0.2, -0.15) is 0 Å². The minimum Gasteiger partial charge on any atom is -0.369 e. The molecule has 2 aliphatic heterocycles. The van der Waals surface area contributed by atoms with Crippen LogP contribution in [-0.4, -0.2) is 63.7 Å². The number of aryl methyl sites for hydroxylation is 1. The second kappa shape index (κ2) is 9.26. The molecule has 0 bridgehead atoms. The van der Waals surface area contributed by atoms with Crippen LogP contribution < -0.4 is 15.5 Å². The topological polar surface area (TPSA) is 42.9 Å². The van der Waals surface area contributed by atoms with E-state index >= 15 is 0 Å². The van der Waals surface area contributed by atoms with Gasteiger partial charge in [-0.15, -0.1) is 0 Å². The van der Waals surface area contributed by atoms with Gasteiger partial charge in [-0.1, -0.05) is 17.7 Å². The van der Waals surface area contributed by atoms with Crippen LogP contribution in [0.3, 0.4) is 0 Å². The summed E-state index contributed by atoms with van der Waals surface area (Å²) in [6.45, 7) is 7.76. The first kappa shape index (κ1) is 19.0. The van der Waals surface area contributed by atoms with Gasteiger partial charge < -0.3 is 20.4 Å². The molecule has 0 saturated carbocycles. The quantitative estimate of drug-likeness (QED) is 0.642. The van der Waals surface area contributed by atoms with E-state index in [0.717, 1.165) is 31.5 Å². The van der Waals surface area contributed by atoms with Crippen LogP contribution in [0.25, 0.3) is 0 Å². The van der Waals surface area contributed by atoms with Gasteiger partial charge in [0.2, 0.25) is 0 Å². The Balaban J connectivity index is 1.49. The average Bonchev–Trinajstić information content (AvgIpc) is 2.66. The van der Waals surface area contributed by atoms with Crippen LogP contribution >= 0.6 is 0 Å². The summed E-state index contributed by atoms with van der Waals surface area (Å²) < 4.78 is 0. The Morgan fingerprint density at radius 1 is 1.12 bits per heavy atom. The first-order chi connectivity index (χ1) is 12.6. The molecule has 2 unspecified atom stereocenters. The minimum atomic E-state index is 0.449. The first-order valence-corrected chi connectivity index (χ1v) is 10.1. The molecule has 0 aliphatic carbocycles. The summed E-state index contributed by atoms with van der Waals surface area (Å²) in [5.74, 6) is 1.68. The van der Waals surface area contributed by atoms with Gasteiger partial charge in [-0.3, -0.25) is 4.99 Å². The Bertz CT molecular complexity index is 583. The first-order valence-electron chi connectivity index (χ1n) is 10.1. The van der Waals surface area contributed by atoms with E-state index < -0.39 is 0 Å². The Labute approximate surface area is 158 Å². The Morgan fingerprint density at radius 3 is 2.62 bits per heavy atom. The molecular weight excluding hydrogens is 322 g/mol. The van der Waals surface area contributed by atoms with Crippen LogP contribution in [-0.2, 0) is 0 Å². The van der Waals surface area contributed by atoms with Crippen molar-refractivity contribution in [1.82, 2.24) is 15.5 Å². The van der Waals surface area contributed by atoms with Crippen molar-refractivity contribution in [3.8, 4) is 0 Å². The summed E-state index contributed by atoms with van der Waals surface area (Å²) in [5.41, 5.74) is 2.65. The number of hydrogen-bond acceptors (Lipinski definition) is 3. The van der Waals surface area contributed by atoms with Gasteiger partial charge in [0.15, 0.2) is 5.96 Å². The summed E-state index contributed by atoms with van der Waals surface area (Å²) in [6, 6.07) is 9.34. The lowest BCUT2D eigenvalue weighted by atomic mass is 9.98. The second-order valence-electron chi connectivity index (χ2n) is 7.99. The molecule has 0 radical (unpaired) electrons. The van der Waals surface area contributed by atoms with E-state index in [2.05, 4.69) is 63.7 Å². The number of likely N-dealkylation sites (tertiary alicyclic amines) is 1. The summed E-state index contributed by atoms with van der Waals surface area (Å²) in [7, 11) is 4.10. The van der Waals surface area contributed by atoms with Gasteiger partial charge in [-0.25, -0.2) is 0 Å². The van der Waals surface area contributed by atoms with E-state index in [1.165, 1.54) is 50.0 Å². The highest BCUT2D eigenvalue weighted by molar-refractivity contribution is 5.80. The minimum absolute atomic E-state index is 0.449. The van der Waals surface area contributed by atoms with E-state index in [1.807, 2.05) is 7.05 Å². The fraction of sp³-hybridized carbons (Fsp3) is 0.667. The van der Waals surface area contributed by atoms with E-state index in [-0.39, 0.29) is 0 Å². The predicted molar refractivity (Wildman–Crippen MR) is 111 cm³/mol. The third-order valence-corrected chi connectivity index (χ3v) is 5.67. The third-order valence-electron chi connectivity index (χ3n) is 5.67. The van der Waals surface area contributed by atoms with Crippen molar-refractivity contribution in [1.29, 1.82) is 0 Å². The van der Waals surface area contributed by atoms with Gasteiger partial charge in [0.05, 0.1) is 0 Å². The maximum atomic E-state index is 4.46. The van der Waals surface area contributed by atoms with Crippen LogP contribution in [0.1, 0.15) is 31.2 Å². The van der Waals surface area contributed by atoms with Crippen molar-refractivity contribution in [2.45, 2.75) is 38.6 Å². The fourth-order valence-corrected chi connectivity index (χ4v) is 4.15. The van der Waals surface area contributed by atoms with Gasteiger partial charge >= 0.3 is 0 Å². The van der Waals surface area contributed by atoms with Crippen LogP contribution in [0.5, 0.6) is 0 Å². The van der Waals surface area contributed by atoms with E-state index in [0.29, 0.717) is 6.04 Å². The molecule has 1 aromatic rings. The van der Waals surface area contributed by atoms with Crippen molar-refractivity contribution < 1.29 is 0 Å². The number of aliphatic imine (C=N–C) groups is 1. The van der Waals surface area contributed by atoms with Crippen molar-refractivity contribution in [2.24, 2.45) is 10.9 Å². The molecule has 5 nitrogen and oxygen atoms in total. The molecule has 2 fully saturated rings. The molecule has 2 heterocycles. The Kier molecular flexibility index (Phi) is 6.78. The van der Waals surface area contributed by atoms with E-state index in [4.69, 9.17) is 0 Å². The van der Waals surface area contributed by atoms with Crippen molar-refractivity contribution in [2.75, 3.05) is 51.7 Å². The molecular formula is C21H35N5. The lowest BCUT2D eigenvalue weighted by Gasteiger charge is -2.36. The van der Waals surface area contributed by atoms with Crippen LogP contribution in [0, 0.1) is 12.8 Å². The number of hydrogen-bond donors (Lipinski definition) is 2. The molecule has 1 aromatic carbocycles. The monoisotopic (exact) mass is 357 g/mol. The van der Waals surface area contributed by atoms with Crippen LogP contribution in [0.4, 0.5) is 5.69 Å². The number of nitrogens with zero attached hydrogens (tertiary/aromatic N) is 3. The number of rotatable bonds is 4. The fourth-order valence-electron chi connectivity index (χ4n) is 4.15. The number of nitrogens with one attached hydrogen (secondary N) is 2. The zero-order valence-electron chi connectivity index (χ0n) is 16.7. The molecule has 2 N–H and O–H groups in total. The highest BCUT2D eigenvalue weighted by Crippen LogP contribution is 2.20. The van der Waals surface area contributed by atoms with E-state index in [9.17, 15) is 0 Å². The zero-order valence-corrected chi connectivity index (χ0v) is 16.7. The smallest absolute Gasteiger partial charge is 0.191 e. The highest BCUT2D eigenvalue weighted by atomic mass is 15.2. The number of anilines is 1. The molecule has 0 spiro atoms. The molecule has 0 amide bonds. The summed E-state index contributed by atoms with van der Waals surface area (Å²) in [6.07, 6.45) is 5.05. The van der Waals surface area contributed by atoms with Crippen molar-refractivity contribution in [3.05, 3.63) is 29.8 Å². The molecule has 0 aromatic heterocycles. The van der Waals surface area contributed by atoms with Crippen molar-refractivity contribution >= 4 is 11.6 Å². The lowest BCUT2D eigenvalue weighted by molar-refractivity contribution is 0.210. The maximum Gasteiger partial charge on any atom is 0.191 e. The third kappa shape index (κ3) is 5.37. The number of piperidine rings is 2. The lowest BCUT2D eigenvalue weighted by Crippen LogP contribution is -2.52. The Hall–Kier alpha value is -1.75. The highest BCUT2D eigenvalue weighted by Gasteiger charge is 2.22. The summed E-state index contributed by atoms with van der Waals surface area (Å²) in [4.78, 5) is 9.38. The molecule has 144 valence electrons. The molecule has 26 heavy (non-hydrogen) atoms. The maximum absolute atomic E-state index is 4.46. The van der Waals surface area contributed by atoms with Crippen molar-refractivity contribution in [3.63, 3.8) is 0 Å². The van der Waals surface area contributed by atoms with Gasteiger partial charge in [0, 0.05) is 45.0 Å². The summed E-state index contributed by atoms with van der Waals surface area (Å²) >= 11 is 0. The normalized spacial score (nSPS) is 25.2. The average molecular weight is 358 g/mol. The standard InChI is InChI=1S/C21H35N5/c1-17-8-10-20(11-9-17)26-13-5-7-19(16-26)24-21(22-2)23-14-18-6-4-12-25(3)15-18/h8-11,18-19H,4-7,12-16H2,1-3H3,(H2,22,23,24). The summed E-state index contributed by atoms with van der Waals surface area (Å²) in [5, 5.41) is 7.21. The van der Waals surface area contributed by atoms with E-state index in [1.54, 1.807) is 0 Å². The number of guanidine groups is 1. The molecule has 5 heteroatoms. The molecule has 2 atom stereocenters. The van der Waals surface area contributed by atoms with Crippen LogP contribution in [0.15, 0.2) is 29.3 Å². The van der Waals surface area contributed by atoms with Gasteiger partial charge in [0.1, 0.15) is 0 Å². The van der Waals surface area contributed by atoms with Gasteiger partial charge in [0.25, 0.3) is 0 Å². The number of benzene rings is 1. The molecule has 2 saturated heterocycles. The largest absolute Gasteiger partial charge is 0.369 e. The van der Waals surface area contributed by atoms with Crippen LogP contribution in [0.2, 0.25) is 0 Å². The molecule has 2 aliphatic rings. The predicted octanol–water partition coefficient (Wildman–Crippen LogP) is 2.47. The Morgan fingerprint density at radius 2 is 1.88 bits per heavy atom. The molecule has 3 rings (SSSR count). The SMILES string of the molecule is CN=C(NCC1CCCN(C)C1)NC1CCCN(c2ccc(C)cc2)C1. The zero-order chi connectivity index (χ0) is 18.4.